The van der Waals surface area contributed by atoms with Gasteiger partial charge < -0.3 is 10.6 Å². The van der Waals surface area contributed by atoms with E-state index in [4.69, 9.17) is 0 Å². The molecular weight excluding hydrogens is 236 g/mol. The summed E-state index contributed by atoms with van der Waals surface area (Å²) >= 11 is 0. The van der Waals surface area contributed by atoms with Crippen LogP contribution in [0.3, 0.4) is 0 Å². The van der Waals surface area contributed by atoms with E-state index in [9.17, 15) is 4.79 Å². The highest BCUT2D eigenvalue weighted by atomic mass is 16.2. The Balaban J connectivity index is 1.81. The Labute approximate surface area is 115 Å². The molecule has 0 aliphatic heterocycles. The Morgan fingerprint density at radius 3 is 2.68 bits per heavy atom. The van der Waals surface area contributed by atoms with Gasteiger partial charge in [0.05, 0.1) is 0 Å². The molecule has 1 aromatic rings. The Morgan fingerprint density at radius 2 is 1.95 bits per heavy atom. The summed E-state index contributed by atoms with van der Waals surface area (Å²) in [6.07, 6.45) is 5.97. The third-order valence-electron chi connectivity index (χ3n) is 3.53. The number of carbonyl (C=O) groups is 1. The summed E-state index contributed by atoms with van der Waals surface area (Å²) in [4.78, 5) is 11.5. The number of nitrogens with one attached hydrogen (secondary N) is 2. The van der Waals surface area contributed by atoms with Crippen molar-refractivity contribution >= 4 is 6.03 Å². The predicted molar refractivity (Wildman–Crippen MR) is 78.5 cm³/mol. The lowest BCUT2D eigenvalue weighted by molar-refractivity contribution is 0.238. The first-order valence-corrected chi connectivity index (χ1v) is 7.30. The molecule has 0 atom stereocenters. The normalized spacial score (nSPS) is 14.1. The van der Waals surface area contributed by atoms with Gasteiger partial charge in [-0.15, -0.1) is 0 Å². The molecule has 0 radical (unpaired) electrons. The molecule has 19 heavy (non-hydrogen) atoms. The molecule has 1 aromatic carbocycles. The topological polar surface area (TPSA) is 41.1 Å². The van der Waals surface area contributed by atoms with Crippen LogP contribution in [0.15, 0.2) is 18.2 Å². The van der Waals surface area contributed by atoms with Crippen molar-refractivity contribution in [2.75, 3.05) is 6.54 Å². The van der Waals surface area contributed by atoms with Gasteiger partial charge >= 0.3 is 6.03 Å². The lowest BCUT2D eigenvalue weighted by Gasteiger charge is -2.16. The van der Waals surface area contributed by atoms with Crippen LogP contribution < -0.4 is 10.6 Å². The molecular formula is C16H24N2O. The Hall–Kier alpha value is -1.51. The van der Waals surface area contributed by atoms with Crippen LogP contribution in [0.1, 0.15) is 43.4 Å². The van der Waals surface area contributed by atoms with Gasteiger partial charge in [0.2, 0.25) is 0 Å². The first kappa shape index (κ1) is 13.9. The number of fused-ring (bicyclic) bond motifs is 1. The van der Waals surface area contributed by atoms with E-state index in [1.807, 2.05) is 13.8 Å². The molecule has 3 heteroatoms. The smallest absolute Gasteiger partial charge is 0.314 e. The number of hydrogen-bond donors (Lipinski definition) is 2. The third-order valence-corrected chi connectivity index (χ3v) is 3.53. The van der Waals surface area contributed by atoms with Crippen LogP contribution in [-0.2, 0) is 19.3 Å². The van der Waals surface area contributed by atoms with E-state index in [0.29, 0.717) is 6.54 Å². The molecule has 0 unspecified atom stereocenters. The fourth-order valence-electron chi connectivity index (χ4n) is 2.58. The molecule has 2 rings (SSSR count). The van der Waals surface area contributed by atoms with Crippen molar-refractivity contribution in [3.63, 3.8) is 0 Å². The highest BCUT2D eigenvalue weighted by Gasteiger charge is 2.09. The molecule has 0 aromatic heterocycles. The highest BCUT2D eigenvalue weighted by Crippen LogP contribution is 2.22. The summed E-state index contributed by atoms with van der Waals surface area (Å²) in [5.74, 6) is 0. The van der Waals surface area contributed by atoms with Crippen LogP contribution in [0.2, 0.25) is 0 Å². The summed E-state index contributed by atoms with van der Waals surface area (Å²) in [7, 11) is 0. The van der Waals surface area contributed by atoms with Crippen LogP contribution in [0.25, 0.3) is 0 Å². The molecule has 1 aliphatic carbocycles. The quantitative estimate of drug-likeness (QED) is 0.858. The van der Waals surface area contributed by atoms with Gasteiger partial charge in [-0.25, -0.2) is 4.79 Å². The zero-order chi connectivity index (χ0) is 13.7. The van der Waals surface area contributed by atoms with Gasteiger partial charge in [-0.1, -0.05) is 18.2 Å². The minimum absolute atomic E-state index is 0.0760. The van der Waals surface area contributed by atoms with Crippen LogP contribution in [0.5, 0.6) is 0 Å². The second-order valence-corrected chi connectivity index (χ2v) is 5.62. The molecule has 0 bridgehead atoms. The second-order valence-electron chi connectivity index (χ2n) is 5.62. The summed E-state index contributed by atoms with van der Waals surface area (Å²) in [5, 5.41) is 5.72. The molecule has 3 nitrogen and oxygen atoms in total. The molecule has 104 valence electrons. The van der Waals surface area contributed by atoms with Crippen molar-refractivity contribution in [3.05, 3.63) is 34.9 Å². The maximum atomic E-state index is 11.5. The number of rotatable bonds is 4. The SMILES string of the molecule is CC(C)NC(=O)NCCc1ccc2c(c1)CCCC2. The maximum Gasteiger partial charge on any atom is 0.314 e. The van der Waals surface area contributed by atoms with E-state index >= 15 is 0 Å². The van der Waals surface area contributed by atoms with E-state index in [1.165, 1.54) is 42.4 Å². The standard InChI is InChI=1S/C16H24N2O/c1-12(2)18-16(19)17-10-9-13-7-8-14-5-3-4-6-15(14)11-13/h7-8,11-12H,3-6,9-10H2,1-2H3,(H2,17,18,19). The van der Waals surface area contributed by atoms with Gasteiger partial charge in [0.1, 0.15) is 0 Å². The zero-order valence-electron chi connectivity index (χ0n) is 12.0. The fourth-order valence-corrected chi connectivity index (χ4v) is 2.58. The van der Waals surface area contributed by atoms with Crippen molar-refractivity contribution in [2.24, 2.45) is 0 Å². The van der Waals surface area contributed by atoms with Gasteiger partial charge in [0.25, 0.3) is 0 Å². The van der Waals surface area contributed by atoms with Crippen LogP contribution in [0.4, 0.5) is 4.79 Å². The molecule has 2 N–H and O–H groups in total. The lowest BCUT2D eigenvalue weighted by atomic mass is 9.90. The van der Waals surface area contributed by atoms with Crippen molar-refractivity contribution in [1.29, 1.82) is 0 Å². The molecule has 2 amide bonds. The van der Waals surface area contributed by atoms with E-state index in [0.717, 1.165) is 6.42 Å². The minimum atomic E-state index is -0.0760. The fraction of sp³-hybridized carbons (Fsp3) is 0.562. The van der Waals surface area contributed by atoms with Crippen LogP contribution >= 0.6 is 0 Å². The number of amides is 2. The van der Waals surface area contributed by atoms with E-state index in [-0.39, 0.29) is 12.1 Å². The average molecular weight is 260 g/mol. The maximum absolute atomic E-state index is 11.5. The van der Waals surface area contributed by atoms with Crippen molar-refractivity contribution < 1.29 is 4.79 Å². The van der Waals surface area contributed by atoms with Crippen LogP contribution in [0, 0.1) is 0 Å². The molecule has 1 aliphatic rings. The third kappa shape index (κ3) is 4.27. The number of aryl methyl sites for hydroxylation is 2. The van der Waals surface area contributed by atoms with Crippen molar-refractivity contribution in [1.82, 2.24) is 10.6 Å². The summed E-state index contributed by atoms with van der Waals surface area (Å²) in [6.45, 7) is 4.61. The number of benzene rings is 1. The molecule has 0 saturated heterocycles. The van der Waals surface area contributed by atoms with E-state index < -0.39 is 0 Å². The average Bonchev–Trinajstić information content (AvgIpc) is 2.37. The monoisotopic (exact) mass is 260 g/mol. The Morgan fingerprint density at radius 1 is 1.21 bits per heavy atom. The largest absolute Gasteiger partial charge is 0.338 e. The molecule has 0 heterocycles. The first-order valence-electron chi connectivity index (χ1n) is 7.30. The summed E-state index contributed by atoms with van der Waals surface area (Å²) in [6, 6.07) is 6.89. The van der Waals surface area contributed by atoms with Gasteiger partial charge in [0, 0.05) is 12.6 Å². The van der Waals surface area contributed by atoms with Gasteiger partial charge in [-0.3, -0.25) is 0 Å². The van der Waals surface area contributed by atoms with Gasteiger partial charge in [-0.05, 0) is 62.6 Å². The first-order chi connectivity index (χ1) is 9.15. The highest BCUT2D eigenvalue weighted by molar-refractivity contribution is 5.74. The summed E-state index contributed by atoms with van der Waals surface area (Å²) in [5.41, 5.74) is 4.35. The van der Waals surface area contributed by atoms with Crippen LogP contribution in [-0.4, -0.2) is 18.6 Å². The molecule has 0 saturated carbocycles. The minimum Gasteiger partial charge on any atom is -0.338 e. The van der Waals surface area contributed by atoms with E-state index in [1.54, 1.807) is 0 Å². The number of urea groups is 1. The molecule has 0 spiro atoms. The number of hydrogen-bond acceptors (Lipinski definition) is 1. The molecule has 0 fully saturated rings. The zero-order valence-corrected chi connectivity index (χ0v) is 12.0. The van der Waals surface area contributed by atoms with E-state index in [2.05, 4.69) is 28.8 Å². The second kappa shape index (κ2) is 6.60. The van der Waals surface area contributed by atoms with Crippen molar-refractivity contribution in [3.8, 4) is 0 Å². The number of carbonyl (C=O) groups excluding carboxylic acids is 1. The Bertz CT molecular complexity index is 440. The van der Waals surface area contributed by atoms with Gasteiger partial charge in [-0.2, -0.15) is 0 Å². The lowest BCUT2D eigenvalue weighted by Crippen LogP contribution is -2.40. The van der Waals surface area contributed by atoms with Gasteiger partial charge in [0.15, 0.2) is 0 Å². The Kier molecular flexibility index (Phi) is 4.83. The van der Waals surface area contributed by atoms with Crippen molar-refractivity contribution in [2.45, 2.75) is 52.0 Å². The predicted octanol–water partition coefficient (Wildman–Crippen LogP) is 2.82. The summed E-state index contributed by atoms with van der Waals surface area (Å²) < 4.78 is 0.